The van der Waals surface area contributed by atoms with Crippen molar-refractivity contribution in [2.45, 2.75) is 38.1 Å². The average Bonchev–Trinajstić information content (AvgIpc) is 2.47. The molecule has 3 N–H and O–H groups in total. The molecule has 0 radical (unpaired) electrons. The van der Waals surface area contributed by atoms with Crippen molar-refractivity contribution in [3.05, 3.63) is 0 Å². The number of hydrogen-bond acceptors (Lipinski definition) is 1. The van der Waals surface area contributed by atoms with Crippen LogP contribution in [-0.4, -0.2) is 23.4 Å². The summed E-state index contributed by atoms with van der Waals surface area (Å²) < 4.78 is 0. The third kappa shape index (κ3) is 1.98. The first-order valence-corrected chi connectivity index (χ1v) is 4.89. The Labute approximate surface area is 89.9 Å². The van der Waals surface area contributed by atoms with Gasteiger partial charge in [0.05, 0.1) is 0 Å². The molecule has 4 heteroatoms. The minimum Gasteiger partial charge on any atom is -0.370 e. The van der Waals surface area contributed by atoms with E-state index in [1.807, 2.05) is 0 Å². The van der Waals surface area contributed by atoms with E-state index in [9.17, 15) is 0 Å². The number of nitrogens with zero attached hydrogens (tertiary/aromatic N) is 1. The molecule has 1 heterocycles. The highest BCUT2D eigenvalue weighted by atomic mass is 79.9. The number of halogens is 1. The second-order valence-corrected chi connectivity index (χ2v) is 3.98. The van der Waals surface area contributed by atoms with Crippen LogP contribution in [0.1, 0.15) is 32.1 Å². The molecule has 76 valence electrons. The lowest BCUT2D eigenvalue weighted by Crippen LogP contribution is -2.42. The number of likely N-dealkylation sites (tertiary alicyclic amines) is 1. The van der Waals surface area contributed by atoms with Gasteiger partial charge in [-0.1, -0.05) is 12.8 Å². The standard InChI is InChI=1S/C9H17N3.BrH/c10-9(11)12-6-5-7-3-1-2-4-8(7)12;/h7-8H,1-6H2,(H3,10,11);1H/t7-,8+;/m0./s1. The van der Waals surface area contributed by atoms with Gasteiger partial charge in [-0.25, -0.2) is 0 Å². The Bertz CT molecular complexity index is 195. The van der Waals surface area contributed by atoms with Crippen molar-refractivity contribution < 1.29 is 0 Å². The maximum absolute atomic E-state index is 7.42. The van der Waals surface area contributed by atoms with Crippen LogP contribution in [0.3, 0.4) is 0 Å². The first-order chi connectivity index (χ1) is 5.79. The maximum Gasteiger partial charge on any atom is 0.188 e. The zero-order valence-electron chi connectivity index (χ0n) is 7.83. The fourth-order valence-electron chi connectivity index (χ4n) is 2.70. The van der Waals surface area contributed by atoms with Gasteiger partial charge in [0.1, 0.15) is 0 Å². The summed E-state index contributed by atoms with van der Waals surface area (Å²) in [6.07, 6.45) is 6.57. The predicted octanol–water partition coefficient (Wildman–Crippen LogP) is 1.72. The molecule has 2 rings (SSSR count). The summed E-state index contributed by atoms with van der Waals surface area (Å²) in [5.74, 6) is 1.12. The van der Waals surface area contributed by atoms with E-state index in [4.69, 9.17) is 11.1 Å². The van der Waals surface area contributed by atoms with Gasteiger partial charge in [0.2, 0.25) is 0 Å². The average molecular weight is 248 g/mol. The molecule has 13 heavy (non-hydrogen) atoms. The van der Waals surface area contributed by atoms with Gasteiger partial charge in [0.15, 0.2) is 5.96 Å². The lowest BCUT2D eigenvalue weighted by molar-refractivity contribution is 0.251. The molecule has 2 fully saturated rings. The largest absolute Gasteiger partial charge is 0.370 e. The third-order valence-electron chi connectivity index (χ3n) is 3.32. The molecule has 1 aliphatic heterocycles. The molecule has 1 aliphatic carbocycles. The van der Waals surface area contributed by atoms with E-state index in [1.54, 1.807) is 0 Å². The van der Waals surface area contributed by atoms with Crippen molar-refractivity contribution >= 4 is 22.9 Å². The summed E-state index contributed by atoms with van der Waals surface area (Å²) in [5.41, 5.74) is 5.51. The van der Waals surface area contributed by atoms with Crippen LogP contribution in [0.25, 0.3) is 0 Å². The van der Waals surface area contributed by atoms with Crippen molar-refractivity contribution in [2.75, 3.05) is 6.54 Å². The van der Waals surface area contributed by atoms with Gasteiger partial charge in [-0.15, -0.1) is 17.0 Å². The van der Waals surface area contributed by atoms with Crippen molar-refractivity contribution in [3.8, 4) is 0 Å². The maximum atomic E-state index is 7.42. The van der Waals surface area contributed by atoms with Crippen LogP contribution in [0.15, 0.2) is 0 Å². The second-order valence-electron chi connectivity index (χ2n) is 3.98. The Balaban J connectivity index is 0.000000845. The summed E-state index contributed by atoms with van der Waals surface area (Å²) in [7, 11) is 0. The highest BCUT2D eigenvalue weighted by molar-refractivity contribution is 8.93. The lowest BCUT2D eigenvalue weighted by Gasteiger charge is -2.31. The molecule has 0 aromatic rings. The van der Waals surface area contributed by atoms with Crippen LogP contribution in [0, 0.1) is 11.3 Å². The molecule has 0 unspecified atom stereocenters. The monoisotopic (exact) mass is 247 g/mol. The fraction of sp³-hybridized carbons (Fsp3) is 0.889. The topological polar surface area (TPSA) is 53.1 Å². The van der Waals surface area contributed by atoms with E-state index in [2.05, 4.69) is 4.90 Å². The molecule has 1 saturated heterocycles. The van der Waals surface area contributed by atoms with Gasteiger partial charge < -0.3 is 10.6 Å². The molecule has 2 atom stereocenters. The lowest BCUT2D eigenvalue weighted by atomic mass is 9.85. The summed E-state index contributed by atoms with van der Waals surface area (Å²) in [6, 6.07) is 0.608. The third-order valence-corrected chi connectivity index (χ3v) is 3.32. The van der Waals surface area contributed by atoms with Crippen molar-refractivity contribution in [3.63, 3.8) is 0 Å². The van der Waals surface area contributed by atoms with Gasteiger partial charge in [0.25, 0.3) is 0 Å². The molecule has 2 aliphatic rings. The van der Waals surface area contributed by atoms with Crippen molar-refractivity contribution in [1.82, 2.24) is 4.90 Å². The summed E-state index contributed by atoms with van der Waals surface area (Å²) in [5, 5.41) is 7.42. The van der Waals surface area contributed by atoms with Crippen LogP contribution < -0.4 is 5.73 Å². The van der Waals surface area contributed by atoms with Crippen molar-refractivity contribution in [1.29, 1.82) is 5.41 Å². The van der Waals surface area contributed by atoms with Gasteiger partial charge in [-0.3, -0.25) is 5.41 Å². The first kappa shape index (κ1) is 10.8. The van der Waals surface area contributed by atoms with Gasteiger partial charge >= 0.3 is 0 Å². The molecule has 0 aromatic heterocycles. The Morgan fingerprint density at radius 3 is 2.62 bits per heavy atom. The summed E-state index contributed by atoms with van der Waals surface area (Å²) in [6.45, 7) is 1.02. The van der Waals surface area contributed by atoms with E-state index in [1.165, 1.54) is 32.1 Å². The van der Waals surface area contributed by atoms with Gasteiger partial charge in [-0.05, 0) is 25.2 Å². The summed E-state index contributed by atoms with van der Waals surface area (Å²) in [4.78, 5) is 2.09. The number of rotatable bonds is 0. The minimum atomic E-state index is 0. The van der Waals surface area contributed by atoms with Crippen molar-refractivity contribution in [2.24, 2.45) is 11.7 Å². The Morgan fingerprint density at radius 2 is 1.92 bits per heavy atom. The zero-order chi connectivity index (χ0) is 8.55. The van der Waals surface area contributed by atoms with Crippen LogP contribution in [-0.2, 0) is 0 Å². The minimum absolute atomic E-state index is 0. The number of fused-ring (bicyclic) bond motifs is 1. The quantitative estimate of drug-likeness (QED) is 0.506. The first-order valence-electron chi connectivity index (χ1n) is 4.89. The smallest absolute Gasteiger partial charge is 0.188 e. The van der Waals surface area contributed by atoms with E-state index >= 15 is 0 Å². The molecular weight excluding hydrogens is 230 g/mol. The van der Waals surface area contributed by atoms with E-state index in [0.717, 1.165) is 12.5 Å². The number of guanidine groups is 1. The van der Waals surface area contributed by atoms with Gasteiger partial charge in [-0.2, -0.15) is 0 Å². The molecule has 0 spiro atoms. The Morgan fingerprint density at radius 1 is 1.23 bits per heavy atom. The molecule has 0 amide bonds. The molecule has 0 bridgehead atoms. The van der Waals surface area contributed by atoms with E-state index < -0.39 is 0 Å². The van der Waals surface area contributed by atoms with Crippen LogP contribution in [0.4, 0.5) is 0 Å². The second kappa shape index (κ2) is 4.31. The fourth-order valence-corrected chi connectivity index (χ4v) is 2.70. The number of hydrogen-bond donors (Lipinski definition) is 2. The van der Waals surface area contributed by atoms with Gasteiger partial charge in [0, 0.05) is 12.6 Å². The highest BCUT2D eigenvalue weighted by Crippen LogP contribution is 2.35. The molecule has 1 saturated carbocycles. The van der Waals surface area contributed by atoms with Crippen LogP contribution >= 0.6 is 17.0 Å². The van der Waals surface area contributed by atoms with E-state index in [-0.39, 0.29) is 22.9 Å². The molecule has 0 aromatic carbocycles. The highest BCUT2D eigenvalue weighted by Gasteiger charge is 2.35. The Hall–Kier alpha value is -0.250. The normalized spacial score (nSPS) is 32.2. The van der Waals surface area contributed by atoms with Crippen LogP contribution in [0.5, 0.6) is 0 Å². The number of nitrogens with two attached hydrogens (primary N) is 1. The Kier molecular flexibility index (Phi) is 3.59. The molecular formula is C9H18BrN3. The van der Waals surface area contributed by atoms with Crippen LogP contribution in [0.2, 0.25) is 0 Å². The zero-order valence-corrected chi connectivity index (χ0v) is 9.54. The number of nitrogens with one attached hydrogen (secondary N) is 1. The predicted molar refractivity (Wildman–Crippen MR) is 59.3 cm³/mol. The SMILES string of the molecule is Br.N=C(N)N1CC[C@@H]2CCCC[C@H]21. The molecule has 3 nitrogen and oxygen atoms in total. The van der Waals surface area contributed by atoms with E-state index in [0.29, 0.717) is 6.04 Å². The summed E-state index contributed by atoms with van der Waals surface area (Å²) >= 11 is 0.